The van der Waals surface area contributed by atoms with Gasteiger partial charge >= 0.3 is 0 Å². The van der Waals surface area contributed by atoms with Crippen molar-refractivity contribution in [2.75, 3.05) is 0 Å². The molecule has 0 spiro atoms. The molecule has 144 valence electrons. The van der Waals surface area contributed by atoms with Gasteiger partial charge in [-0.05, 0) is 48.9 Å². The van der Waals surface area contributed by atoms with Crippen molar-refractivity contribution >= 4 is 27.6 Å². The molecule has 0 N–H and O–H groups in total. The lowest BCUT2D eigenvalue weighted by atomic mass is 9.81. The monoisotopic (exact) mass is 381 g/mol. The van der Waals surface area contributed by atoms with Gasteiger partial charge in [-0.15, -0.1) is 0 Å². The van der Waals surface area contributed by atoms with E-state index < -0.39 is 0 Å². The number of nitrogens with zero attached hydrogens (tertiary/aromatic N) is 2. The molecule has 0 radical (unpaired) electrons. The van der Waals surface area contributed by atoms with E-state index in [0.717, 1.165) is 38.9 Å². The van der Waals surface area contributed by atoms with Crippen LogP contribution in [0, 0.1) is 13.5 Å². The highest BCUT2D eigenvalue weighted by molar-refractivity contribution is 6.12. The Morgan fingerprint density at radius 3 is 2.62 bits per heavy atom. The lowest BCUT2D eigenvalue weighted by Crippen LogP contribution is -2.30. The largest absolute Gasteiger partial charge is 0.455 e. The molecule has 1 aliphatic carbocycles. The summed E-state index contributed by atoms with van der Waals surface area (Å²) in [7, 11) is 2.07. The minimum absolute atomic E-state index is 0.454. The van der Waals surface area contributed by atoms with Crippen molar-refractivity contribution in [3.8, 4) is 11.3 Å². The summed E-state index contributed by atoms with van der Waals surface area (Å²) in [6.45, 7) is 9.91. The van der Waals surface area contributed by atoms with Crippen molar-refractivity contribution in [1.29, 1.82) is 0 Å². The second-order valence-electron chi connectivity index (χ2n) is 8.25. The maximum atomic E-state index is 7.77. The van der Waals surface area contributed by atoms with Gasteiger partial charge < -0.3 is 4.42 Å². The van der Waals surface area contributed by atoms with E-state index in [-0.39, 0.29) is 0 Å². The Bertz CT molecular complexity index is 1270. The van der Waals surface area contributed by atoms with Crippen LogP contribution in [0.2, 0.25) is 0 Å². The van der Waals surface area contributed by atoms with Crippen LogP contribution in [0.1, 0.15) is 49.1 Å². The molecule has 2 aromatic carbocycles. The summed E-state index contributed by atoms with van der Waals surface area (Å²) >= 11 is 0. The minimum atomic E-state index is 0.454. The summed E-state index contributed by atoms with van der Waals surface area (Å²) in [4.78, 5) is 3.90. The first-order valence-electron chi connectivity index (χ1n) is 10.5. The third-order valence-electron chi connectivity index (χ3n) is 6.48. The fourth-order valence-electron chi connectivity index (χ4n) is 5.05. The molecule has 3 heteroatoms. The molecule has 0 unspecified atom stereocenters. The van der Waals surface area contributed by atoms with Crippen molar-refractivity contribution in [3.05, 3.63) is 71.2 Å². The van der Waals surface area contributed by atoms with Crippen LogP contribution >= 0.6 is 0 Å². The van der Waals surface area contributed by atoms with Gasteiger partial charge in [-0.25, -0.2) is 9.41 Å². The first kappa shape index (κ1) is 17.9. The Morgan fingerprint density at radius 1 is 1.03 bits per heavy atom. The fraction of sp³-hybridized carbons (Fsp3) is 0.308. The third kappa shape index (κ3) is 2.83. The summed E-state index contributed by atoms with van der Waals surface area (Å²) in [5, 5.41) is 2.29. The summed E-state index contributed by atoms with van der Waals surface area (Å²) < 4.78 is 8.63. The normalized spacial score (nSPS) is 15.1. The number of benzene rings is 2. The van der Waals surface area contributed by atoms with Gasteiger partial charge in [0.15, 0.2) is 11.9 Å². The molecule has 29 heavy (non-hydrogen) atoms. The molecule has 1 aliphatic rings. The number of rotatable bonds is 2. The van der Waals surface area contributed by atoms with E-state index in [1.54, 1.807) is 0 Å². The van der Waals surface area contributed by atoms with Gasteiger partial charge in [0.05, 0.1) is 12.1 Å². The summed E-state index contributed by atoms with van der Waals surface area (Å²) in [6.07, 6.45) is 8.21. The maximum absolute atomic E-state index is 7.77. The molecule has 0 bridgehead atoms. The van der Waals surface area contributed by atoms with E-state index in [9.17, 15) is 0 Å². The molecule has 1 saturated carbocycles. The molecular weight excluding hydrogens is 356 g/mol. The van der Waals surface area contributed by atoms with Crippen molar-refractivity contribution < 1.29 is 8.98 Å². The van der Waals surface area contributed by atoms with Crippen molar-refractivity contribution in [2.45, 2.75) is 44.9 Å². The van der Waals surface area contributed by atoms with Crippen molar-refractivity contribution in [2.24, 2.45) is 7.05 Å². The predicted molar refractivity (Wildman–Crippen MR) is 117 cm³/mol. The Kier molecular flexibility index (Phi) is 4.36. The molecule has 4 aromatic rings. The van der Waals surface area contributed by atoms with Crippen LogP contribution in [0.15, 0.2) is 53.1 Å². The van der Waals surface area contributed by atoms with Crippen LogP contribution in [-0.4, -0.2) is 0 Å². The van der Waals surface area contributed by atoms with Gasteiger partial charge in [0.1, 0.15) is 18.2 Å². The zero-order valence-corrected chi connectivity index (χ0v) is 17.0. The zero-order chi connectivity index (χ0) is 20.0. The molecule has 2 aromatic heterocycles. The van der Waals surface area contributed by atoms with Crippen molar-refractivity contribution in [1.82, 2.24) is 0 Å². The van der Waals surface area contributed by atoms with E-state index in [0.29, 0.717) is 5.92 Å². The van der Waals surface area contributed by atoms with E-state index in [2.05, 4.69) is 53.8 Å². The van der Waals surface area contributed by atoms with E-state index in [1.807, 2.05) is 18.2 Å². The van der Waals surface area contributed by atoms with Crippen LogP contribution in [0.3, 0.4) is 0 Å². The molecular formula is C26H25N2O+. The molecule has 0 amide bonds. The Balaban J connectivity index is 1.87. The van der Waals surface area contributed by atoms with E-state index in [1.165, 1.54) is 43.2 Å². The van der Waals surface area contributed by atoms with Gasteiger partial charge in [0.25, 0.3) is 0 Å². The van der Waals surface area contributed by atoms with Crippen LogP contribution in [-0.2, 0) is 7.05 Å². The minimum Gasteiger partial charge on any atom is -0.455 e. The van der Waals surface area contributed by atoms with Crippen LogP contribution in [0.4, 0.5) is 5.69 Å². The van der Waals surface area contributed by atoms with Gasteiger partial charge in [0.2, 0.25) is 5.69 Å². The molecule has 1 fully saturated rings. The predicted octanol–water partition coefficient (Wildman–Crippen LogP) is 6.98. The highest BCUT2D eigenvalue weighted by Crippen LogP contribution is 2.46. The number of hydrogen-bond donors (Lipinski definition) is 0. The van der Waals surface area contributed by atoms with E-state index in [4.69, 9.17) is 11.0 Å². The van der Waals surface area contributed by atoms with Crippen LogP contribution in [0.5, 0.6) is 0 Å². The molecule has 0 saturated heterocycles. The van der Waals surface area contributed by atoms with Crippen LogP contribution in [0.25, 0.3) is 38.0 Å². The fourth-order valence-corrected chi connectivity index (χ4v) is 5.05. The molecule has 2 heterocycles. The number of aryl methyl sites for hydroxylation is 2. The summed E-state index contributed by atoms with van der Waals surface area (Å²) in [5.41, 5.74) is 7.31. The van der Waals surface area contributed by atoms with Crippen molar-refractivity contribution in [3.63, 3.8) is 0 Å². The Morgan fingerprint density at radius 2 is 1.86 bits per heavy atom. The summed E-state index contributed by atoms with van der Waals surface area (Å²) in [5.74, 6) is 0.454. The van der Waals surface area contributed by atoms with Gasteiger partial charge in [0, 0.05) is 22.9 Å². The highest BCUT2D eigenvalue weighted by atomic mass is 16.3. The molecule has 3 nitrogen and oxygen atoms in total. The van der Waals surface area contributed by atoms with Crippen LogP contribution < -0.4 is 4.57 Å². The lowest BCUT2D eigenvalue weighted by Gasteiger charge is -2.23. The second kappa shape index (κ2) is 7.04. The molecule has 0 atom stereocenters. The maximum Gasteiger partial charge on any atom is 0.216 e. The third-order valence-corrected chi connectivity index (χ3v) is 6.48. The standard InChI is InChI=1S/C26H25N2O/c1-17-12-13-19-25-22(29-26(19)23(17)21-11-7-8-16-28(21)3)15-14-20(27-2)24(25)18-9-5-4-6-10-18/h7-8,11-16,18H,4-6,9-10H2,1,3H3/q+1. The first-order chi connectivity index (χ1) is 14.2. The molecule has 5 rings (SSSR count). The van der Waals surface area contributed by atoms with E-state index >= 15 is 0 Å². The quantitative estimate of drug-likeness (QED) is 0.271. The lowest BCUT2D eigenvalue weighted by molar-refractivity contribution is -0.660. The number of fused-ring (bicyclic) bond motifs is 3. The molecule has 0 aliphatic heterocycles. The first-order valence-corrected chi connectivity index (χ1v) is 10.5. The second-order valence-corrected chi connectivity index (χ2v) is 8.25. The highest BCUT2D eigenvalue weighted by Gasteiger charge is 2.26. The summed E-state index contributed by atoms with van der Waals surface area (Å²) in [6, 6.07) is 14.6. The SMILES string of the molecule is [C-]#[N+]c1ccc2oc3c(-c4cccc[n+]4C)c(C)ccc3c2c1C1CCCCC1. The Hall–Kier alpha value is -3.12. The average molecular weight is 381 g/mol. The number of aromatic nitrogens is 1. The number of pyridine rings is 1. The Labute approximate surface area is 171 Å². The number of hydrogen-bond acceptors (Lipinski definition) is 1. The average Bonchev–Trinajstić information content (AvgIpc) is 3.13. The number of furan rings is 1. The topological polar surface area (TPSA) is 21.4 Å². The smallest absolute Gasteiger partial charge is 0.216 e. The van der Waals surface area contributed by atoms with Gasteiger partial charge in [-0.3, -0.25) is 0 Å². The zero-order valence-electron chi connectivity index (χ0n) is 17.0. The van der Waals surface area contributed by atoms with Gasteiger partial charge in [-0.2, -0.15) is 0 Å². The van der Waals surface area contributed by atoms with Gasteiger partial charge in [-0.1, -0.05) is 37.5 Å².